The number of hydrogen-bond donors (Lipinski definition) is 2. The van der Waals surface area contributed by atoms with Crippen molar-refractivity contribution in [3.63, 3.8) is 0 Å². The molecule has 126 valence electrons. The second-order valence-corrected chi connectivity index (χ2v) is 7.97. The maximum Gasteiger partial charge on any atom is 0.320 e. The van der Waals surface area contributed by atoms with Crippen LogP contribution in [-0.4, -0.2) is 17.1 Å². The Labute approximate surface area is 148 Å². The van der Waals surface area contributed by atoms with Gasteiger partial charge in [-0.1, -0.05) is 84.9 Å². The first kappa shape index (κ1) is 17.3. The maximum absolute atomic E-state index is 11.2. The van der Waals surface area contributed by atoms with Crippen LogP contribution in [-0.2, 0) is 11.2 Å². The van der Waals surface area contributed by atoms with E-state index in [1.807, 2.05) is 54.6 Å². The summed E-state index contributed by atoms with van der Waals surface area (Å²) < 4.78 is 0. The molecule has 3 aromatic rings. The highest BCUT2D eigenvalue weighted by Crippen LogP contribution is 2.34. The monoisotopic (exact) mass is 349 g/mol. The van der Waals surface area contributed by atoms with E-state index in [0.717, 1.165) is 10.9 Å². The van der Waals surface area contributed by atoms with Crippen LogP contribution in [0.1, 0.15) is 5.56 Å². The predicted octanol–water partition coefficient (Wildman–Crippen LogP) is 2.40. The number of carboxylic acids is 1. The molecule has 3 rings (SSSR count). The normalized spacial score (nSPS) is 12.1. The van der Waals surface area contributed by atoms with Crippen molar-refractivity contribution in [3.8, 4) is 0 Å². The lowest BCUT2D eigenvalue weighted by Gasteiger charge is -2.23. The first-order chi connectivity index (χ1) is 12.2. The first-order valence-electron chi connectivity index (χ1n) is 8.13. The quantitative estimate of drug-likeness (QED) is 0.672. The maximum atomic E-state index is 11.2. The number of carbonyl (C=O) groups is 1. The smallest absolute Gasteiger partial charge is 0.320 e. The fourth-order valence-electron chi connectivity index (χ4n) is 2.81. The Morgan fingerprint density at radius 3 is 1.84 bits per heavy atom. The highest BCUT2D eigenvalue weighted by Gasteiger charge is 2.21. The van der Waals surface area contributed by atoms with Gasteiger partial charge >= 0.3 is 5.97 Å². The Bertz CT molecular complexity index is 797. The van der Waals surface area contributed by atoms with Gasteiger partial charge in [0.1, 0.15) is 6.04 Å². The Balaban J connectivity index is 2.10. The van der Waals surface area contributed by atoms with Crippen LogP contribution in [0.25, 0.3) is 0 Å². The molecule has 0 bridgehead atoms. The van der Waals surface area contributed by atoms with Crippen molar-refractivity contribution < 1.29 is 9.90 Å². The molecule has 3 aromatic carbocycles. The van der Waals surface area contributed by atoms with Crippen LogP contribution in [0.5, 0.6) is 0 Å². The Kier molecular flexibility index (Phi) is 5.60. The number of hydrogen-bond acceptors (Lipinski definition) is 2. The van der Waals surface area contributed by atoms with Gasteiger partial charge < -0.3 is 10.8 Å². The minimum Gasteiger partial charge on any atom is -0.480 e. The van der Waals surface area contributed by atoms with Crippen molar-refractivity contribution in [2.75, 3.05) is 0 Å². The summed E-state index contributed by atoms with van der Waals surface area (Å²) in [7, 11) is -0.765. The lowest BCUT2D eigenvalue weighted by atomic mass is 10.1. The fraction of sp³-hybridized carbons (Fsp3) is 0.0952. The van der Waals surface area contributed by atoms with Gasteiger partial charge in [0.2, 0.25) is 0 Å². The van der Waals surface area contributed by atoms with Crippen LogP contribution >= 0.6 is 7.92 Å². The van der Waals surface area contributed by atoms with Gasteiger partial charge in [0, 0.05) is 0 Å². The molecular formula is C21H20NO2P. The molecule has 0 fully saturated rings. The second-order valence-electron chi connectivity index (χ2n) is 5.78. The topological polar surface area (TPSA) is 63.3 Å². The molecule has 3 nitrogen and oxygen atoms in total. The zero-order valence-electron chi connectivity index (χ0n) is 13.7. The summed E-state index contributed by atoms with van der Waals surface area (Å²) in [6.45, 7) is 0. The molecule has 0 amide bonds. The molecule has 25 heavy (non-hydrogen) atoms. The standard InChI is InChI=1S/C21H20NO2P/c22-19(21(23)24)15-16-9-7-8-14-20(16)25(17-10-3-1-4-11-17)18-12-5-2-6-13-18/h1-14,19H,15,22H2,(H,23,24)/t19-/m0/s1. The molecule has 0 aliphatic heterocycles. The Hall–Kier alpha value is -2.48. The average molecular weight is 349 g/mol. The van der Waals surface area contributed by atoms with Crippen molar-refractivity contribution in [3.05, 3.63) is 90.5 Å². The van der Waals surface area contributed by atoms with Crippen molar-refractivity contribution >= 4 is 29.8 Å². The molecule has 0 saturated carbocycles. The molecule has 0 aromatic heterocycles. The summed E-state index contributed by atoms with van der Waals surface area (Å²) in [6.07, 6.45) is 0.323. The third-order valence-corrected chi connectivity index (χ3v) is 6.57. The highest BCUT2D eigenvalue weighted by molar-refractivity contribution is 7.79. The van der Waals surface area contributed by atoms with Crippen molar-refractivity contribution in [2.24, 2.45) is 5.73 Å². The molecule has 0 aliphatic carbocycles. The highest BCUT2D eigenvalue weighted by atomic mass is 31.1. The van der Waals surface area contributed by atoms with E-state index in [4.69, 9.17) is 5.73 Å². The molecule has 4 heteroatoms. The van der Waals surface area contributed by atoms with Crippen LogP contribution < -0.4 is 21.6 Å². The minimum absolute atomic E-state index is 0.323. The van der Waals surface area contributed by atoms with Gasteiger partial charge in [0.15, 0.2) is 0 Å². The second kappa shape index (κ2) is 8.06. The summed E-state index contributed by atoms with van der Waals surface area (Å²) >= 11 is 0. The molecule has 3 N–H and O–H groups in total. The molecule has 0 heterocycles. The predicted molar refractivity (Wildman–Crippen MR) is 104 cm³/mol. The third-order valence-electron chi connectivity index (χ3n) is 4.02. The summed E-state index contributed by atoms with van der Waals surface area (Å²) in [6, 6.07) is 27.8. The summed E-state index contributed by atoms with van der Waals surface area (Å²) in [5.74, 6) is -0.974. The summed E-state index contributed by atoms with van der Waals surface area (Å²) in [5, 5.41) is 12.8. The van der Waals surface area contributed by atoms with E-state index in [1.54, 1.807) is 0 Å². The average Bonchev–Trinajstić information content (AvgIpc) is 2.65. The molecule has 0 radical (unpaired) electrons. The zero-order valence-corrected chi connectivity index (χ0v) is 14.6. The van der Waals surface area contributed by atoms with Gasteiger partial charge in [0.25, 0.3) is 0 Å². The number of rotatable bonds is 6. The van der Waals surface area contributed by atoms with Crippen LogP contribution in [0.2, 0.25) is 0 Å². The van der Waals surface area contributed by atoms with Crippen LogP contribution in [0.15, 0.2) is 84.9 Å². The molecule has 0 saturated heterocycles. The lowest BCUT2D eigenvalue weighted by Crippen LogP contribution is -2.34. The van der Waals surface area contributed by atoms with Gasteiger partial charge in [-0.2, -0.15) is 0 Å². The summed E-state index contributed by atoms with van der Waals surface area (Å²) in [5.41, 5.74) is 6.80. The van der Waals surface area contributed by atoms with Gasteiger partial charge in [-0.05, 0) is 35.8 Å². The number of aliphatic carboxylic acids is 1. The number of carboxylic acid groups (broad SMARTS) is 1. The molecule has 1 atom stereocenters. The number of benzene rings is 3. The van der Waals surface area contributed by atoms with Crippen LogP contribution in [0.4, 0.5) is 0 Å². The number of nitrogens with two attached hydrogens (primary N) is 1. The molecule has 0 spiro atoms. The van der Waals surface area contributed by atoms with E-state index in [-0.39, 0.29) is 0 Å². The Morgan fingerprint density at radius 2 is 1.32 bits per heavy atom. The van der Waals surface area contributed by atoms with E-state index < -0.39 is 19.9 Å². The van der Waals surface area contributed by atoms with Gasteiger partial charge in [-0.3, -0.25) is 4.79 Å². The van der Waals surface area contributed by atoms with Crippen LogP contribution in [0, 0.1) is 0 Å². The van der Waals surface area contributed by atoms with E-state index in [1.165, 1.54) is 10.6 Å². The Morgan fingerprint density at radius 1 is 0.840 bits per heavy atom. The van der Waals surface area contributed by atoms with Crippen molar-refractivity contribution in [1.29, 1.82) is 0 Å². The van der Waals surface area contributed by atoms with E-state index in [2.05, 4.69) is 30.3 Å². The van der Waals surface area contributed by atoms with Gasteiger partial charge in [0.05, 0.1) is 0 Å². The van der Waals surface area contributed by atoms with Crippen molar-refractivity contribution in [2.45, 2.75) is 12.5 Å². The van der Waals surface area contributed by atoms with Gasteiger partial charge in [-0.25, -0.2) is 0 Å². The van der Waals surface area contributed by atoms with Gasteiger partial charge in [-0.15, -0.1) is 0 Å². The molecule has 0 unspecified atom stereocenters. The minimum atomic E-state index is -0.974. The molecular weight excluding hydrogens is 329 g/mol. The zero-order chi connectivity index (χ0) is 17.6. The van der Waals surface area contributed by atoms with Crippen molar-refractivity contribution in [1.82, 2.24) is 0 Å². The van der Waals surface area contributed by atoms with Crippen LogP contribution in [0.3, 0.4) is 0 Å². The fourth-order valence-corrected chi connectivity index (χ4v) is 5.29. The largest absolute Gasteiger partial charge is 0.480 e. The SMILES string of the molecule is N[C@@H](Cc1ccccc1P(c1ccccc1)c1ccccc1)C(=O)O. The third kappa shape index (κ3) is 4.14. The van der Waals surface area contributed by atoms with E-state index in [0.29, 0.717) is 6.42 Å². The first-order valence-corrected chi connectivity index (χ1v) is 9.47. The van der Waals surface area contributed by atoms with E-state index in [9.17, 15) is 9.90 Å². The van der Waals surface area contributed by atoms with E-state index >= 15 is 0 Å². The summed E-state index contributed by atoms with van der Waals surface area (Å²) in [4.78, 5) is 11.2. The lowest BCUT2D eigenvalue weighted by molar-refractivity contribution is -0.138. The molecule has 0 aliphatic rings.